The van der Waals surface area contributed by atoms with Crippen molar-refractivity contribution >= 4 is 27.2 Å². The molecule has 0 aliphatic heterocycles. The number of carbonyl (C=O) groups is 1. The Morgan fingerprint density at radius 1 is 1.36 bits per heavy atom. The summed E-state index contributed by atoms with van der Waals surface area (Å²) in [5.41, 5.74) is 0.349. The number of sulfone groups is 1. The minimum Gasteiger partial charge on any atom is -0.360 e. The van der Waals surface area contributed by atoms with E-state index in [1.54, 1.807) is 6.07 Å². The zero-order valence-corrected chi connectivity index (χ0v) is 14.0. The number of hydrogen-bond acceptors (Lipinski definition) is 5. The quantitative estimate of drug-likeness (QED) is 0.778. The van der Waals surface area contributed by atoms with E-state index >= 15 is 0 Å². The van der Waals surface area contributed by atoms with E-state index in [4.69, 9.17) is 16.1 Å². The SMILES string of the molecule is CCC(C)c1cc(C(=O)c2ccc(S(C)(=O)=O)cc2Cl)no1. The molecule has 1 unspecified atom stereocenters. The molecule has 1 aromatic carbocycles. The molecule has 118 valence electrons. The normalized spacial score (nSPS) is 13.1. The molecule has 0 aliphatic carbocycles. The Balaban J connectivity index is 2.36. The van der Waals surface area contributed by atoms with Gasteiger partial charge in [0.1, 0.15) is 5.76 Å². The van der Waals surface area contributed by atoms with Crippen molar-refractivity contribution in [2.45, 2.75) is 31.1 Å². The van der Waals surface area contributed by atoms with Gasteiger partial charge in [-0.05, 0) is 24.6 Å². The van der Waals surface area contributed by atoms with Gasteiger partial charge in [-0.1, -0.05) is 30.6 Å². The van der Waals surface area contributed by atoms with E-state index in [1.165, 1.54) is 18.2 Å². The maximum Gasteiger partial charge on any atom is 0.216 e. The molecule has 0 spiro atoms. The second-order valence-corrected chi connectivity index (χ2v) is 7.59. The van der Waals surface area contributed by atoms with Gasteiger partial charge in [0.25, 0.3) is 0 Å². The highest BCUT2D eigenvalue weighted by Crippen LogP contribution is 2.25. The zero-order valence-electron chi connectivity index (χ0n) is 12.5. The van der Waals surface area contributed by atoms with Crippen molar-refractivity contribution in [1.82, 2.24) is 5.16 Å². The smallest absolute Gasteiger partial charge is 0.216 e. The number of hydrogen-bond donors (Lipinski definition) is 0. The third-order valence-electron chi connectivity index (χ3n) is 3.47. The fourth-order valence-electron chi connectivity index (χ4n) is 1.88. The molecule has 0 radical (unpaired) electrons. The Hall–Kier alpha value is -1.66. The maximum atomic E-state index is 12.4. The second kappa shape index (κ2) is 6.22. The highest BCUT2D eigenvalue weighted by molar-refractivity contribution is 7.90. The summed E-state index contributed by atoms with van der Waals surface area (Å²) in [5, 5.41) is 3.84. The Morgan fingerprint density at radius 3 is 2.59 bits per heavy atom. The third kappa shape index (κ3) is 3.39. The molecule has 22 heavy (non-hydrogen) atoms. The van der Waals surface area contributed by atoms with E-state index in [0.717, 1.165) is 12.7 Å². The van der Waals surface area contributed by atoms with Crippen molar-refractivity contribution in [3.8, 4) is 0 Å². The Kier molecular flexibility index (Phi) is 4.72. The summed E-state index contributed by atoms with van der Waals surface area (Å²) < 4.78 is 28.1. The van der Waals surface area contributed by atoms with Gasteiger partial charge < -0.3 is 4.52 Å². The average Bonchev–Trinajstić information content (AvgIpc) is 2.94. The molecule has 0 bridgehead atoms. The average molecular weight is 342 g/mol. The molecule has 5 nitrogen and oxygen atoms in total. The van der Waals surface area contributed by atoms with Crippen LogP contribution in [-0.2, 0) is 9.84 Å². The monoisotopic (exact) mass is 341 g/mol. The van der Waals surface area contributed by atoms with E-state index in [-0.39, 0.29) is 27.1 Å². The summed E-state index contributed by atoms with van der Waals surface area (Å²) in [6.45, 7) is 3.98. The summed E-state index contributed by atoms with van der Waals surface area (Å²) in [6, 6.07) is 5.60. The lowest BCUT2D eigenvalue weighted by Gasteiger charge is -2.04. The minimum absolute atomic E-state index is 0.0643. The van der Waals surface area contributed by atoms with Crippen LogP contribution in [0.25, 0.3) is 0 Å². The van der Waals surface area contributed by atoms with Crippen molar-refractivity contribution in [2.75, 3.05) is 6.26 Å². The molecule has 0 fully saturated rings. The van der Waals surface area contributed by atoms with Gasteiger partial charge in [0.15, 0.2) is 15.5 Å². The van der Waals surface area contributed by atoms with Crippen molar-refractivity contribution in [3.63, 3.8) is 0 Å². The first-order valence-electron chi connectivity index (χ1n) is 6.75. The van der Waals surface area contributed by atoms with Crippen LogP contribution in [0, 0.1) is 0 Å². The summed E-state index contributed by atoms with van der Waals surface area (Å²) in [7, 11) is -3.37. The van der Waals surface area contributed by atoms with Crippen molar-refractivity contribution in [3.05, 3.63) is 46.3 Å². The molecule has 2 rings (SSSR count). The van der Waals surface area contributed by atoms with Gasteiger partial charge >= 0.3 is 0 Å². The first-order chi connectivity index (χ1) is 10.2. The number of halogens is 1. The van der Waals surface area contributed by atoms with Crippen LogP contribution in [0.15, 0.2) is 33.7 Å². The van der Waals surface area contributed by atoms with Crippen LogP contribution in [0.5, 0.6) is 0 Å². The molecular formula is C15H16ClNO4S. The molecule has 0 saturated heterocycles. The molecule has 0 amide bonds. The molecule has 0 N–H and O–H groups in total. The van der Waals surface area contributed by atoms with Gasteiger partial charge in [-0.25, -0.2) is 8.42 Å². The van der Waals surface area contributed by atoms with E-state index in [2.05, 4.69) is 5.16 Å². The van der Waals surface area contributed by atoms with Crippen molar-refractivity contribution in [2.24, 2.45) is 0 Å². The standard InChI is InChI=1S/C15H16ClNO4S/c1-4-9(2)14-8-13(17-21-14)15(18)11-6-5-10(7-12(11)16)22(3,19)20/h5-9H,4H2,1-3H3. The molecule has 7 heteroatoms. The molecule has 2 aromatic rings. The van der Waals surface area contributed by atoms with Crippen LogP contribution in [-0.4, -0.2) is 25.6 Å². The van der Waals surface area contributed by atoms with Gasteiger partial charge in [-0.3, -0.25) is 4.79 Å². The van der Waals surface area contributed by atoms with Gasteiger partial charge in [0, 0.05) is 23.8 Å². The number of aromatic nitrogens is 1. The summed E-state index contributed by atoms with van der Waals surface area (Å²) in [6.07, 6.45) is 1.95. The number of benzene rings is 1. The Labute approximate surface area is 134 Å². The van der Waals surface area contributed by atoms with Crippen LogP contribution in [0.4, 0.5) is 0 Å². The highest BCUT2D eigenvalue weighted by atomic mass is 35.5. The lowest BCUT2D eigenvalue weighted by molar-refractivity contribution is 0.103. The van der Waals surface area contributed by atoms with E-state index < -0.39 is 15.6 Å². The lowest BCUT2D eigenvalue weighted by atomic mass is 10.0. The van der Waals surface area contributed by atoms with Crippen LogP contribution in [0.3, 0.4) is 0 Å². The number of ketones is 1. The fraction of sp³-hybridized carbons (Fsp3) is 0.333. The minimum atomic E-state index is -3.37. The van der Waals surface area contributed by atoms with E-state index in [1.807, 2.05) is 13.8 Å². The number of nitrogens with zero attached hydrogens (tertiary/aromatic N) is 1. The van der Waals surface area contributed by atoms with Gasteiger partial charge in [0.05, 0.1) is 9.92 Å². The lowest BCUT2D eigenvalue weighted by Crippen LogP contribution is -2.04. The molecule has 0 saturated carbocycles. The number of rotatable bonds is 5. The third-order valence-corrected chi connectivity index (χ3v) is 4.90. The van der Waals surface area contributed by atoms with Gasteiger partial charge in [0.2, 0.25) is 5.78 Å². The summed E-state index contributed by atoms with van der Waals surface area (Å²) in [4.78, 5) is 12.5. The van der Waals surface area contributed by atoms with Gasteiger partial charge in [-0.2, -0.15) is 0 Å². The predicted octanol–water partition coefficient (Wildman–Crippen LogP) is 3.48. The second-order valence-electron chi connectivity index (χ2n) is 5.17. The number of carbonyl (C=O) groups excluding carboxylic acids is 1. The molecule has 1 atom stereocenters. The Morgan fingerprint density at radius 2 is 2.05 bits per heavy atom. The molecule has 1 heterocycles. The maximum absolute atomic E-state index is 12.4. The zero-order chi connectivity index (χ0) is 16.5. The Bertz CT molecular complexity index is 811. The van der Waals surface area contributed by atoms with Crippen LogP contribution in [0.1, 0.15) is 48.0 Å². The van der Waals surface area contributed by atoms with Crippen LogP contribution in [0.2, 0.25) is 5.02 Å². The molecular weight excluding hydrogens is 326 g/mol. The topological polar surface area (TPSA) is 77.2 Å². The van der Waals surface area contributed by atoms with Crippen molar-refractivity contribution < 1.29 is 17.7 Å². The van der Waals surface area contributed by atoms with Gasteiger partial charge in [-0.15, -0.1) is 0 Å². The summed E-state index contributed by atoms with van der Waals surface area (Å²) >= 11 is 6.03. The first-order valence-corrected chi connectivity index (χ1v) is 9.02. The van der Waals surface area contributed by atoms with E-state index in [9.17, 15) is 13.2 Å². The largest absolute Gasteiger partial charge is 0.360 e. The van der Waals surface area contributed by atoms with Crippen molar-refractivity contribution in [1.29, 1.82) is 0 Å². The first kappa shape index (κ1) is 16.7. The molecule has 0 aliphatic rings. The highest BCUT2D eigenvalue weighted by Gasteiger charge is 2.20. The van der Waals surface area contributed by atoms with Crippen LogP contribution < -0.4 is 0 Å². The fourth-order valence-corrected chi connectivity index (χ4v) is 2.86. The van der Waals surface area contributed by atoms with E-state index in [0.29, 0.717) is 5.76 Å². The predicted molar refractivity (Wildman–Crippen MR) is 83.2 cm³/mol. The summed E-state index contributed by atoms with van der Waals surface area (Å²) in [5.74, 6) is 0.398. The molecule has 1 aromatic heterocycles. The van der Waals surface area contributed by atoms with Crippen LogP contribution >= 0.6 is 11.6 Å².